The summed E-state index contributed by atoms with van der Waals surface area (Å²) in [5, 5.41) is 1.18. The van der Waals surface area contributed by atoms with Crippen LogP contribution in [-0.2, 0) is 11.2 Å². The molecule has 1 aromatic heterocycles. The van der Waals surface area contributed by atoms with Gasteiger partial charge in [-0.15, -0.1) is 0 Å². The van der Waals surface area contributed by atoms with Crippen LogP contribution in [-0.4, -0.2) is 20.3 Å². The van der Waals surface area contributed by atoms with Crippen molar-refractivity contribution in [3.63, 3.8) is 0 Å². The van der Waals surface area contributed by atoms with E-state index in [1.165, 1.54) is 26.2 Å². The zero-order valence-electron chi connectivity index (χ0n) is 11.0. The van der Waals surface area contributed by atoms with E-state index >= 15 is 0 Å². The SMILES string of the molecule is CC(=O)Cc1c(-c2ccc(F)cc2)[se]c2ccccc12. The van der Waals surface area contributed by atoms with E-state index in [-0.39, 0.29) is 26.1 Å². The summed E-state index contributed by atoms with van der Waals surface area (Å²) >= 11 is 0.180. The average molecular weight is 331 g/mol. The molecular weight excluding hydrogens is 318 g/mol. The monoisotopic (exact) mass is 332 g/mol. The van der Waals surface area contributed by atoms with Gasteiger partial charge in [-0.05, 0) is 0 Å². The minimum absolute atomic E-state index is 0.159. The van der Waals surface area contributed by atoms with Crippen LogP contribution in [0.4, 0.5) is 4.39 Å². The molecule has 2 aromatic carbocycles. The predicted molar refractivity (Wildman–Crippen MR) is 80.7 cm³/mol. The molecule has 0 aliphatic carbocycles. The standard InChI is InChI=1S/C17H13FOSe/c1-11(19)10-15-14-4-2-3-5-16(14)20-17(15)12-6-8-13(18)9-7-12/h2-9H,10H2,1H3. The molecule has 20 heavy (non-hydrogen) atoms. The molecule has 0 spiro atoms. The quantitative estimate of drug-likeness (QED) is 0.667. The maximum absolute atomic E-state index is 13.1. The first-order valence-corrected chi connectivity index (χ1v) is 8.12. The zero-order valence-corrected chi connectivity index (χ0v) is 12.7. The van der Waals surface area contributed by atoms with Crippen molar-refractivity contribution in [2.45, 2.75) is 13.3 Å². The summed E-state index contributed by atoms with van der Waals surface area (Å²) in [6.07, 6.45) is 0.450. The first-order chi connectivity index (χ1) is 9.65. The summed E-state index contributed by atoms with van der Waals surface area (Å²) in [5.74, 6) is -0.0717. The first kappa shape index (κ1) is 13.3. The number of benzene rings is 2. The van der Waals surface area contributed by atoms with Gasteiger partial charge in [0.1, 0.15) is 0 Å². The molecule has 0 atom stereocenters. The van der Waals surface area contributed by atoms with Gasteiger partial charge in [0.25, 0.3) is 0 Å². The Kier molecular flexibility index (Phi) is 3.56. The molecule has 3 rings (SSSR count). The van der Waals surface area contributed by atoms with Crippen molar-refractivity contribution in [3.8, 4) is 10.0 Å². The van der Waals surface area contributed by atoms with Gasteiger partial charge in [-0.2, -0.15) is 0 Å². The Morgan fingerprint density at radius 3 is 2.50 bits per heavy atom. The van der Waals surface area contributed by atoms with Crippen LogP contribution in [0.25, 0.3) is 19.6 Å². The summed E-state index contributed by atoms with van der Waals surface area (Å²) < 4.78 is 15.6. The van der Waals surface area contributed by atoms with Crippen molar-refractivity contribution in [2.24, 2.45) is 0 Å². The van der Waals surface area contributed by atoms with Crippen LogP contribution in [0, 0.1) is 5.82 Å². The zero-order chi connectivity index (χ0) is 14.1. The molecule has 3 heteroatoms. The number of rotatable bonds is 3. The molecule has 0 aliphatic rings. The second-order valence-electron chi connectivity index (χ2n) is 4.79. The van der Waals surface area contributed by atoms with Crippen LogP contribution in [0.2, 0.25) is 0 Å². The maximum atomic E-state index is 13.1. The van der Waals surface area contributed by atoms with Gasteiger partial charge in [0.15, 0.2) is 0 Å². The number of carbonyl (C=O) groups excluding carboxylic acids is 1. The third-order valence-electron chi connectivity index (χ3n) is 3.23. The van der Waals surface area contributed by atoms with Gasteiger partial charge in [0.2, 0.25) is 0 Å². The van der Waals surface area contributed by atoms with Crippen LogP contribution in [0.15, 0.2) is 48.5 Å². The molecule has 0 saturated heterocycles. The molecule has 3 aromatic rings. The average Bonchev–Trinajstić information content (AvgIpc) is 2.78. The van der Waals surface area contributed by atoms with Gasteiger partial charge in [0.05, 0.1) is 0 Å². The molecule has 0 saturated carbocycles. The Bertz CT molecular complexity index is 771. The molecular formula is C17H13FOSe. The Hall–Kier alpha value is -1.70. The number of ketones is 1. The molecule has 0 amide bonds. The van der Waals surface area contributed by atoms with Crippen molar-refractivity contribution < 1.29 is 9.18 Å². The molecule has 0 fully saturated rings. The third kappa shape index (κ3) is 2.47. The van der Waals surface area contributed by atoms with E-state index in [2.05, 4.69) is 12.1 Å². The fraction of sp³-hybridized carbons (Fsp3) is 0.118. The van der Waals surface area contributed by atoms with Gasteiger partial charge in [-0.1, -0.05) is 0 Å². The summed E-state index contributed by atoms with van der Waals surface area (Å²) in [4.78, 5) is 11.6. The summed E-state index contributed by atoms with van der Waals surface area (Å²) in [5.41, 5.74) is 2.14. The van der Waals surface area contributed by atoms with Gasteiger partial charge < -0.3 is 0 Å². The van der Waals surface area contributed by atoms with Gasteiger partial charge in [-0.3, -0.25) is 0 Å². The van der Waals surface area contributed by atoms with E-state index in [9.17, 15) is 9.18 Å². The topological polar surface area (TPSA) is 17.1 Å². The number of carbonyl (C=O) groups is 1. The van der Waals surface area contributed by atoms with Crippen LogP contribution < -0.4 is 0 Å². The molecule has 0 bridgehead atoms. The Labute approximate surface area is 122 Å². The molecule has 0 N–H and O–H groups in total. The molecule has 0 aliphatic heterocycles. The molecule has 1 heterocycles. The van der Waals surface area contributed by atoms with E-state index in [0.29, 0.717) is 6.42 Å². The number of halogens is 1. The minimum atomic E-state index is -0.231. The van der Waals surface area contributed by atoms with Crippen molar-refractivity contribution >= 4 is 29.9 Å². The van der Waals surface area contributed by atoms with E-state index in [0.717, 1.165) is 11.1 Å². The summed E-state index contributed by atoms with van der Waals surface area (Å²) in [6.45, 7) is 1.61. The predicted octanol–water partition coefficient (Wildman–Crippen LogP) is 3.83. The second-order valence-corrected chi connectivity index (χ2v) is 7.00. The first-order valence-electron chi connectivity index (χ1n) is 6.41. The Morgan fingerprint density at radius 1 is 1.10 bits per heavy atom. The van der Waals surface area contributed by atoms with Gasteiger partial charge >= 0.3 is 122 Å². The summed E-state index contributed by atoms with van der Waals surface area (Å²) in [6, 6.07) is 14.8. The van der Waals surface area contributed by atoms with Gasteiger partial charge in [-0.25, -0.2) is 0 Å². The fourth-order valence-corrected chi connectivity index (χ4v) is 4.93. The Balaban J connectivity index is 2.23. The van der Waals surface area contributed by atoms with Crippen molar-refractivity contribution in [2.75, 3.05) is 0 Å². The van der Waals surface area contributed by atoms with Gasteiger partial charge in [0, 0.05) is 0 Å². The van der Waals surface area contributed by atoms with E-state index in [1.807, 2.05) is 12.1 Å². The fourth-order valence-electron chi connectivity index (χ4n) is 2.36. The normalized spacial score (nSPS) is 10.9. The number of fused-ring (bicyclic) bond motifs is 1. The third-order valence-corrected chi connectivity index (χ3v) is 5.88. The van der Waals surface area contributed by atoms with Crippen molar-refractivity contribution in [1.29, 1.82) is 0 Å². The molecule has 0 radical (unpaired) electrons. The Morgan fingerprint density at radius 2 is 1.80 bits per heavy atom. The number of Topliss-reactive ketones (excluding diaryl/α,β-unsaturated/α-hetero) is 1. The van der Waals surface area contributed by atoms with E-state index in [4.69, 9.17) is 0 Å². The number of hydrogen-bond acceptors (Lipinski definition) is 1. The van der Waals surface area contributed by atoms with E-state index < -0.39 is 0 Å². The molecule has 100 valence electrons. The van der Waals surface area contributed by atoms with Crippen LogP contribution in [0.1, 0.15) is 12.5 Å². The molecule has 1 nitrogen and oxygen atoms in total. The van der Waals surface area contributed by atoms with E-state index in [1.54, 1.807) is 19.1 Å². The van der Waals surface area contributed by atoms with Crippen LogP contribution >= 0.6 is 0 Å². The second kappa shape index (κ2) is 5.35. The molecule has 0 unspecified atom stereocenters. The van der Waals surface area contributed by atoms with Crippen LogP contribution in [0.5, 0.6) is 0 Å². The number of hydrogen-bond donors (Lipinski definition) is 0. The van der Waals surface area contributed by atoms with Crippen LogP contribution in [0.3, 0.4) is 0 Å². The summed E-state index contributed by atoms with van der Waals surface area (Å²) in [7, 11) is 0. The van der Waals surface area contributed by atoms with Crippen molar-refractivity contribution in [1.82, 2.24) is 0 Å². The van der Waals surface area contributed by atoms with Crippen molar-refractivity contribution in [3.05, 3.63) is 59.9 Å².